The highest BCUT2D eigenvalue weighted by atomic mass is 32.2. The number of nitrogens with zero attached hydrogens (tertiary/aromatic N) is 3. The van der Waals surface area contributed by atoms with E-state index in [2.05, 4.69) is 41.4 Å². The lowest BCUT2D eigenvalue weighted by atomic mass is 10.2. The standard InChI is InChI=1S/C19H21N3OS/c1-4-23-17-8-6-5-7-16(17)18-20-21-19(22(18)3)24-13-15-11-9-14(2)10-12-15/h5-12H,4,13H2,1-3H3. The zero-order valence-corrected chi connectivity index (χ0v) is 15.0. The molecule has 124 valence electrons. The molecule has 0 spiro atoms. The fourth-order valence-corrected chi connectivity index (χ4v) is 3.31. The van der Waals surface area contributed by atoms with Gasteiger partial charge in [-0.05, 0) is 31.5 Å². The molecule has 4 nitrogen and oxygen atoms in total. The molecule has 0 bridgehead atoms. The van der Waals surface area contributed by atoms with Crippen molar-refractivity contribution in [2.24, 2.45) is 7.05 Å². The predicted molar refractivity (Wildman–Crippen MR) is 98.3 cm³/mol. The molecule has 0 saturated heterocycles. The molecule has 0 aliphatic rings. The Hall–Kier alpha value is -2.27. The molecule has 5 heteroatoms. The van der Waals surface area contributed by atoms with Gasteiger partial charge in [0.05, 0.1) is 12.2 Å². The van der Waals surface area contributed by atoms with Gasteiger partial charge in [-0.15, -0.1) is 10.2 Å². The first-order chi connectivity index (χ1) is 11.7. The Balaban J connectivity index is 1.80. The van der Waals surface area contributed by atoms with E-state index in [1.165, 1.54) is 11.1 Å². The van der Waals surface area contributed by atoms with E-state index in [0.29, 0.717) is 6.61 Å². The van der Waals surface area contributed by atoms with Crippen molar-refractivity contribution < 1.29 is 4.74 Å². The molecule has 0 unspecified atom stereocenters. The average Bonchev–Trinajstić information content (AvgIpc) is 2.96. The van der Waals surface area contributed by atoms with E-state index in [-0.39, 0.29) is 0 Å². The smallest absolute Gasteiger partial charge is 0.191 e. The van der Waals surface area contributed by atoms with Gasteiger partial charge >= 0.3 is 0 Å². The van der Waals surface area contributed by atoms with E-state index in [0.717, 1.165) is 28.0 Å². The minimum atomic E-state index is 0.629. The monoisotopic (exact) mass is 339 g/mol. The lowest BCUT2D eigenvalue weighted by Crippen LogP contribution is -1.99. The second-order valence-corrected chi connectivity index (χ2v) is 6.51. The van der Waals surface area contributed by atoms with Gasteiger partial charge in [0, 0.05) is 12.8 Å². The van der Waals surface area contributed by atoms with Gasteiger partial charge in [-0.1, -0.05) is 53.7 Å². The Morgan fingerprint density at radius 3 is 2.54 bits per heavy atom. The van der Waals surface area contributed by atoms with E-state index in [9.17, 15) is 0 Å². The van der Waals surface area contributed by atoms with Gasteiger partial charge in [0.15, 0.2) is 11.0 Å². The van der Waals surface area contributed by atoms with E-state index in [1.54, 1.807) is 11.8 Å². The van der Waals surface area contributed by atoms with Crippen molar-refractivity contribution in [1.82, 2.24) is 14.8 Å². The number of aryl methyl sites for hydroxylation is 1. The molecule has 2 aromatic carbocycles. The second-order valence-electron chi connectivity index (χ2n) is 5.57. The van der Waals surface area contributed by atoms with Crippen LogP contribution in [0.1, 0.15) is 18.1 Å². The number of rotatable bonds is 6. The summed E-state index contributed by atoms with van der Waals surface area (Å²) in [4.78, 5) is 0. The number of hydrogen-bond acceptors (Lipinski definition) is 4. The summed E-state index contributed by atoms with van der Waals surface area (Å²) in [5.74, 6) is 2.54. The van der Waals surface area contributed by atoms with Crippen LogP contribution in [0.4, 0.5) is 0 Å². The summed E-state index contributed by atoms with van der Waals surface area (Å²) >= 11 is 1.69. The Kier molecular flexibility index (Phi) is 5.20. The van der Waals surface area contributed by atoms with Crippen LogP contribution in [0.5, 0.6) is 5.75 Å². The largest absolute Gasteiger partial charge is 0.493 e. The van der Waals surface area contributed by atoms with Crippen LogP contribution in [0.2, 0.25) is 0 Å². The number of para-hydroxylation sites is 1. The van der Waals surface area contributed by atoms with Gasteiger partial charge in [-0.3, -0.25) is 0 Å². The molecule has 24 heavy (non-hydrogen) atoms. The Morgan fingerprint density at radius 1 is 1.04 bits per heavy atom. The summed E-state index contributed by atoms with van der Waals surface area (Å²) in [5, 5.41) is 9.61. The van der Waals surface area contributed by atoms with Crippen molar-refractivity contribution in [3.05, 3.63) is 59.7 Å². The molecule has 1 heterocycles. The molecule has 0 amide bonds. The summed E-state index contributed by atoms with van der Waals surface area (Å²) in [6.07, 6.45) is 0. The van der Waals surface area contributed by atoms with Crippen molar-refractivity contribution >= 4 is 11.8 Å². The maximum Gasteiger partial charge on any atom is 0.191 e. The predicted octanol–water partition coefficient (Wildman–Crippen LogP) is 4.48. The normalized spacial score (nSPS) is 10.8. The lowest BCUT2D eigenvalue weighted by molar-refractivity contribution is 0.341. The number of benzene rings is 2. The molecule has 1 aromatic heterocycles. The lowest BCUT2D eigenvalue weighted by Gasteiger charge is -2.09. The van der Waals surface area contributed by atoms with Crippen molar-refractivity contribution in [1.29, 1.82) is 0 Å². The summed E-state index contributed by atoms with van der Waals surface area (Å²) in [5.41, 5.74) is 3.53. The quantitative estimate of drug-likeness (QED) is 0.621. The first kappa shape index (κ1) is 16.6. The Labute approximate surface area is 146 Å². The highest BCUT2D eigenvalue weighted by molar-refractivity contribution is 7.98. The molecular weight excluding hydrogens is 318 g/mol. The molecule has 0 atom stereocenters. The third-order valence-corrected chi connectivity index (χ3v) is 4.84. The third kappa shape index (κ3) is 3.62. The molecule has 0 aliphatic heterocycles. The van der Waals surface area contributed by atoms with Crippen LogP contribution in [0.3, 0.4) is 0 Å². The van der Waals surface area contributed by atoms with Crippen LogP contribution >= 0.6 is 11.8 Å². The number of aromatic nitrogens is 3. The van der Waals surface area contributed by atoms with Gasteiger partial charge in [-0.25, -0.2) is 0 Å². The minimum Gasteiger partial charge on any atom is -0.493 e. The number of ether oxygens (including phenoxy) is 1. The Bertz CT molecular complexity index is 812. The van der Waals surface area contributed by atoms with Gasteiger partial charge < -0.3 is 9.30 Å². The molecular formula is C19H21N3OS. The van der Waals surface area contributed by atoms with Gasteiger partial charge in [0.1, 0.15) is 5.75 Å². The maximum atomic E-state index is 5.71. The second kappa shape index (κ2) is 7.53. The molecule has 3 rings (SSSR count). The number of hydrogen-bond donors (Lipinski definition) is 0. The fourth-order valence-electron chi connectivity index (χ4n) is 2.44. The summed E-state index contributed by atoms with van der Waals surface area (Å²) in [6, 6.07) is 16.5. The van der Waals surface area contributed by atoms with Crippen LogP contribution < -0.4 is 4.74 Å². The molecule has 0 N–H and O–H groups in total. The van der Waals surface area contributed by atoms with Crippen molar-refractivity contribution in [2.75, 3.05) is 6.61 Å². The Morgan fingerprint density at radius 2 is 1.79 bits per heavy atom. The topological polar surface area (TPSA) is 39.9 Å². The summed E-state index contributed by atoms with van der Waals surface area (Å²) in [6.45, 7) is 4.71. The third-order valence-electron chi connectivity index (χ3n) is 3.75. The van der Waals surface area contributed by atoms with E-state index < -0.39 is 0 Å². The molecule has 0 saturated carbocycles. The summed E-state index contributed by atoms with van der Waals surface area (Å²) < 4.78 is 7.73. The van der Waals surface area contributed by atoms with E-state index >= 15 is 0 Å². The van der Waals surface area contributed by atoms with Gasteiger partial charge in [0.25, 0.3) is 0 Å². The van der Waals surface area contributed by atoms with Gasteiger partial charge in [-0.2, -0.15) is 0 Å². The first-order valence-corrected chi connectivity index (χ1v) is 8.97. The van der Waals surface area contributed by atoms with E-state index in [4.69, 9.17) is 4.74 Å². The van der Waals surface area contributed by atoms with Crippen LogP contribution in [-0.2, 0) is 12.8 Å². The molecule has 0 radical (unpaired) electrons. The van der Waals surface area contributed by atoms with Gasteiger partial charge in [0.2, 0.25) is 0 Å². The zero-order valence-electron chi connectivity index (χ0n) is 14.2. The SMILES string of the molecule is CCOc1ccccc1-c1nnc(SCc2ccc(C)cc2)n1C. The van der Waals surface area contributed by atoms with Crippen molar-refractivity contribution in [3.8, 4) is 17.1 Å². The first-order valence-electron chi connectivity index (χ1n) is 7.99. The van der Waals surface area contributed by atoms with Crippen molar-refractivity contribution in [3.63, 3.8) is 0 Å². The van der Waals surface area contributed by atoms with Crippen molar-refractivity contribution in [2.45, 2.75) is 24.8 Å². The highest BCUT2D eigenvalue weighted by Gasteiger charge is 2.15. The molecule has 0 fully saturated rings. The maximum absolute atomic E-state index is 5.71. The molecule has 0 aliphatic carbocycles. The van der Waals surface area contributed by atoms with E-state index in [1.807, 2.05) is 42.8 Å². The van der Waals surface area contributed by atoms with Crippen LogP contribution in [0.25, 0.3) is 11.4 Å². The highest BCUT2D eigenvalue weighted by Crippen LogP contribution is 2.31. The molecule has 3 aromatic rings. The summed E-state index contributed by atoms with van der Waals surface area (Å²) in [7, 11) is 2.00. The number of thioether (sulfide) groups is 1. The zero-order chi connectivity index (χ0) is 16.9. The van der Waals surface area contributed by atoms with Crippen LogP contribution in [0, 0.1) is 6.92 Å². The van der Waals surface area contributed by atoms with Crippen LogP contribution in [0.15, 0.2) is 53.7 Å². The average molecular weight is 339 g/mol. The fraction of sp³-hybridized carbons (Fsp3) is 0.263. The van der Waals surface area contributed by atoms with Crippen LogP contribution in [-0.4, -0.2) is 21.4 Å². The minimum absolute atomic E-state index is 0.629.